The number of benzene rings is 2. The van der Waals surface area contributed by atoms with Gasteiger partial charge in [0.15, 0.2) is 0 Å². The lowest BCUT2D eigenvalue weighted by Gasteiger charge is -2.20. The van der Waals surface area contributed by atoms with Crippen molar-refractivity contribution in [3.05, 3.63) is 70.4 Å². The largest absolute Gasteiger partial charge is 0.388 e. The SMILES string of the molecule is Cc1[nH]c2c(C)ccc(C)c2c1CC(=O)N(C)CC[C@@H](O)c1ccccc1. The number of aromatic amines is 1. The highest BCUT2D eigenvalue weighted by molar-refractivity contribution is 5.93. The normalized spacial score (nSPS) is 12.3. The van der Waals surface area contributed by atoms with Gasteiger partial charge in [0.2, 0.25) is 5.91 Å². The van der Waals surface area contributed by atoms with E-state index in [4.69, 9.17) is 0 Å². The van der Waals surface area contributed by atoms with Crippen molar-refractivity contribution in [2.45, 2.75) is 39.7 Å². The second-order valence-electron chi connectivity index (χ2n) is 7.39. The fourth-order valence-electron chi connectivity index (χ4n) is 3.60. The van der Waals surface area contributed by atoms with Gasteiger partial charge in [0.25, 0.3) is 0 Å². The summed E-state index contributed by atoms with van der Waals surface area (Å²) in [5.41, 5.74) is 6.51. The van der Waals surface area contributed by atoms with Crippen LogP contribution in [0.1, 0.15) is 40.5 Å². The zero-order chi connectivity index (χ0) is 19.6. The van der Waals surface area contributed by atoms with Crippen molar-refractivity contribution in [1.29, 1.82) is 0 Å². The van der Waals surface area contributed by atoms with E-state index in [-0.39, 0.29) is 5.91 Å². The topological polar surface area (TPSA) is 56.3 Å². The Hall–Kier alpha value is -2.59. The lowest BCUT2D eigenvalue weighted by molar-refractivity contribution is -0.129. The number of aryl methyl sites for hydroxylation is 3. The highest BCUT2D eigenvalue weighted by atomic mass is 16.3. The third-order valence-electron chi connectivity index (χ3n) is 5.36. The van der Waals surface area contributed by atoms with Gasteiger partial charge in [-0.3, -0.25) is 4.79 Å². The van der Waals surface area contributed by atoms with Crippen LogP contribution in [0.4, 0.5) is 0 Å². The van der Waals surface area contributed by atoms with Crippen molar-refractivity contribution in [1.82, 2.24) is 9.88 Å². The average Bonchev–Trinajstić information content (AvgIpc) is 3.00. The molecule has 0 spiro atoms. The van der Waals surface area contributed by atoms with Gasteiger partial charge >= 0.3 is 0 Å². The number of nitrogens with zero attached hydrogens (tertiary/aromatic N) is 1. The maximum atomic E-state index is 12.8. The maximum absolute atomic E-state index is 12.8. The molecule has 1 aromatic heterocycles. The van der Waals surface area contributed by atoms with Crippen LogP contribution in [0.3, 0.4) is 0 Å². The van der Waals surface area contributed by atoms with Crippen LogP contribution >= 0.6 is 0 Å². The third kappa shape index (κ3) is 4.06. The number of aliphatic hydroxyl groups is 1. The van der Waals surface area contributed by atoms with Gasteiger partial charge in [-0.05, 0) is 49.4 Å². The van der Waals surface area contributed by atoms with E-state index in [0.29, 0.717) is 19.4 Å². The van der Waals surface area contributed by atoms with E-state index in [1.165, 1.54) is 16.5 Å². The molecule has 27 heavy (non-hydrogen) atoms. The molecule has 0 aliphatic rings. The first-order chi connectivity index (χ1) is 12.9. The lowest BCUT2D eigenvalue weighted by atomic mass is 10.0. The maximum Gasteiger partial charge on any atom is 0.226 e. The molecule has 3 aromatic rings. The Morgan fingerprint density at radius 1 is 1.07 bits per heavy atom. The fourth-order valence-corrected chi connectivity index (χ4v) is 3.60. The number of hydrogen-bond donors (Lipinski definition) is 2. The average molecular weight is 364 g/mol. The van der Waals surface area contributed by atoms with E-state index in [2.05, 4.69) is 31.0 Å². The Morgan fingerprint density at radius 3 is 2.44 bits per heavy atom. The number of rotatable bonds is 6. The number of H-pyrrole nitrogens is 1. The van der Waals surface area contributed by atoms with E-state index in [0.717, 1.165) is 22.3 Å². The summed E-state index contributed by atoms with van der Waals surface area (Å²) in [7, 11) is 1.81. The van der Waals surface area contributed by atoms with Crippen LogP contribution in [-0.2, 0) is 11.2 Å². The molecule has 4 heteroatoms. The van der Waals surface area contributed by atoms with Gasteiger partial charge in [0, 0.05) is 30.2 Å². The Morgan fingerprint density at radius 2 is 1.74 bits per heavy atom. The van der Waals surface area contributed by atoms with Crippen molar-refractivity contribution in [2.24, 2.45) is 0 Å². The summed E-state index contributed by atoms with van der Waals surface area (Å²) in [5.74, 6) is 0.0696. The molecule has 0 fully saturated rings. The van der Waals surface area contributed by atoms with E-state index in [1.54, 1.807) is 4.90 Å². The minimum atomic E-state index is -0.554. The zero-order valence-corrected chi connectivity index (χ0v) is 16.5. The number of nitrogens with one attached hydrogen (secondary N) is 1. The van der Waals surface area contributed by atoms with Crippen LogP contribution in [0, 0.1) is 20.8 Å². The Bertz CT molecular complexity index is 944. The molecule has 0 saturated heterocycles. The van der Waals surface area contributed by atoms with Gasteiger partial charge in [-0.2, -0.15) is 0 Å². The van der Waals surface area contributed by atoms with Gasteiger partial charge < -0.3 is 15.0 Å². The molecule has 2 aromatic carbocycles. The first-order valence-electron chi connectivity index (χ1n) is 9.42. The predicted octanol–water partition coefficient (Wildman–Crippen LogP) is 4.22. The summed E-state index contributed by atoms with van der Waals surface area (Å²) in [6, 6.07) is 13.8. The number of carbonyl (C=O) groups excluding carboxylic acids is 1. The van der Waals surface area contributed by atoms with Crippen molar-refractivity contribution < 1.29 is 9.90 Å². The highest BCUT2D eigenvalue weighted by Crippen LogP contribution is 2.28. The Kier molecular flexibility index (Phi) is 5.66. The molecule has 4 nitrogen and oxygen atoms in total. The monoisotopic (exact) mass is 364 g/mol. The van der Waals surface area contributed by atoms with Crippen molar-refractivity contribution in [3.8, 4) is 0 Å². The molecule has 0 aliphatic carbocycles. The molecule has 2 N–H and O–H groups in total. The van der Waals surface area contributed by atoms with Crippen LogP contribution < -0.4 is 0 Å². The lowest BCUT2D eigenvalue weighted by Crippen LogP contribution is -2.30. The van der Waals surface area contributed by atoms with E-state index in [9.17, 15) is 9.90 Å². The van der Waals surface area contributed by atoms with Crippen molar-refractivity contribution in [2.75, 3.05) is 13.6 Å². The van der Waals surface area contributed by atoms with Crippen LogP contribution in [0.5, 0.6) is 0 Å². The quantitative estimate of drug-likeness (QED) is 0.688. The standard InChI is InChI=1S/C23H28N2O2/c1-15-10-11-16(2)23-22(15)19(17(3)24-23)14-21(27)25(4)13-12-20(26)18-8-6-5-7-9-18/h5-11,20,24,26H,12-14H2,1-4H3/t20-/m1/s1. The number of hydrogen-bond acceptors (Lipinski definition) is 2. The molecule has 0 bridgehead atoms. The number of carbonyl (C=O) groups is 1. The number of aliphatic hydroxyl groups excluding tert-OH is 1. The second-order valence-corrected chi connectivity index (χ2v) is 7.39. The highest BCUT2D eigenvalue weighted by Gasteiger charge is 2.18. The van der Waals surface area contributed by atoms with Crippen LogP contribution in [-0.4, -0.2) is 34.5 Å². The summed E-state index contributed by atoms with van der Waals surface area (Å²) < 4.78 is 0. The number of aromatic nitrogens is 1. The first-order valence-corrected chi connectivity index (χ1v) is 9.42. The molecule has 3 rings (SSSR count). The molecule has 0 aliphatic heterocycles. The molecule has 0 saturated carbocycles. The molecule has 0 unspecified atom stereocenters. The van der Waals surface area contributed by atoms with E-state index < -0.39 is 6.10 Å². The van der Waals surface area contributed by atoms with E-state index in [1.807, 2.05) is 44.3 Å². The Balaban J connectivity index is 1.69. The molecule has 0 radical (unpaired) electrons. The van der Waals surface area contributed by atoms with Crippen molar-refractivity contribution in [3.63, 3.8) is 0 Å². The molecule has 1 amide bonds. The molecular weight excluding hydrogens is 336 g/mol. The van der Waals surface area contributed by atoms with Gasteiger partial charge in [-0.15, -0.1) is 0 Å². The van der Waals surface area contributed by atoms with E-state index >= 15 is 0 Å². The predicted molar refractivity (Wildman–Crippen MR) is 110 cm³/mol. The fraction of sp³-hybridized carbons (Fsp3) is 0.348. The second kappa shape index (κ2) is 7.97. The van der Waals surface area contributed by atoms with Gasteiger partial charge in [-0.1, -0.05) is 42.5 Å². The third-order valence-corrected chi connectivity index (χ3v) is 5.36. The number of fused-ring (bicyclic) bond motifs is 1. The molecular formula is C23H28N2O2. The minimum absolute atomic E-state index is 0.0696. The number of amides is 1. The zero-order valence-electron chi connectivity index (χ0n) is 16.5. The minimum Gasteiger partial charge on any atom is -0.388 e. The summed E-state index contributed by atoms with van der Waals surface area (Å²) in [4.78, 5) is 17.9. The first kappa shape index (κ1) is 19.2. The van der Waals surface area contributed by atoms with Crippen molar-refractivity contribution >= 4 is 16.8 Å². The summed E-state index contributed by atoms with van der Waals surface area (Å²) in [6.45, 7) is 6.72. The summed E-state index contributed by atoms with van der Waals surface area (Å²) in [5, 5.41) is 11.5. The smallest absolute Gasteiger partial charge is 0.226 e. The van der Waals surface area contributed by atoms with Crippen LogP contribution in [0.2, 0.25) is 0 Å². The van der Waals surface area contributed by atoms with Gasteiger partial charge in [0.05, 0.1) is 12.5 Å². The summed E-state index contributed by atoms with van der Waals surface area (Å²) >= 11 is 0. The molecule has 142 valence electrons. The Labute approximate surface area is 160 Å². The van der Waals surface area contributed by atoms with Gasteiger partial charge in [-0.25, -0.2) is 0 Å². The molecule has 1 atom stereocenters. The number of likely N-dealkylation sites (N-methyl/N-ethyl adjacent to an activating group) is 1. The summed E-state index contributed by atoms with van der Waals surface area (Å²) in [6.07, 6.45) is 0.340. The molecule has 1 heterocycles. The van der Waals surface area contributed by atoms with Crippen LogP contribution in [0.25, 0.3) is 10.9 Å². The van der Waals surface area contributed by atoms with Gasteiger partial charge in [0.1, 0.15) is 0 Å². The van der Waals surface area contributed by atoms with Crippen LogP contribution in [0.15, 0.2) is 42.5 Å².